The van der Waals surface area contributed by atoms with Gasteiger partial charge in [-0.2, -0.15) is 0 Å². The van der Waals surface area contributed by atoms with E-state index in [1.165, 1.54) is 18.2 Å². The zero-order valence-electron chi connectivity index (χ0n) is 10.2. The molecule has 0 unspecified atom stereocenters. The first-order chi connectivity index (χ1) is 8.81. The fourth-order valence-electron chi connectivity index (χ4n) is 1.12. The molecule has 0 aliphatic rings. The Hall–Kier alpha value is -1.66. The van der Waals surface area contributed by atoms with Crippen molar-refractivity contribution in [2.75, 3.05) is 5.06 Å². The van der Waals surface area contributed by atoms with Gasteiger partial charge in [-0.15, -0.1) is 5.06 Å². The molecule has 0 aliphatic carbocycles. The third kappa shape index (κ3) is 4.50. The first-order valence-electron chi connectivity index (χ1n) is 5.24. The van der Waals surface area contributed by atoms with E-state index in [9.17, 15) is 9.59 Å². The predicted molar refractivity (Wildman–Crippen MR) is 71.2 cm³/mol. The van der Waals surface area contributed by atoms with Gasteiger partial charge in [0.05, 0.1) is 21.8 Å². The Morgan fingerprint density at radius 3 is 2.37 bits per heavy atom. The van der Waals surface area contributed by atoms with Crippen molar-refractivity contribution < 1.29 is 19.2 Å². The van der Waals surface area contributed by atoms with Crippen molar-refractivity contribution in [2.45, 2.75) is 20.0 Å². The molecule has 8 heteroatoms. The Labute approximate surface area is 119 Å². The van der Waals surface area contributed by atoms with Crippen LogP contribution in [0.3, 0.4) is 0 Å². The third-order valence-electron chi connectivity index (χ3n) is 1.84. The van der Waals surface area contributed by atoms with E-state index in [0.29, 0.717) is 10.1 Å². The fourth-order valence-corrected chi connectivity index (χ4v) is 1.42. The Bertz CT molecular complexity index is 494. The van der Waals surface area contributed by atoms with Crippen molar-refractivity contribution in [2.24, 2.45) is 5.73 Å². The van der Waals surface area contributed by atoms with Crippen LogP contribution < -0.4 is 10.8 Å². The molecule has 19 heavy (non-hydrogen) atoms. The molecule has 2 N–H and O–H groups in total. The molecule has 1 aromatic rings. The molecule has 6 nitrogen and oxygen atoms in total. The molecule has 104 valence electrons. The highest BCUT2D eigenvalue weighted by Gasteiger charge is 2.20. The number of hydrogen-bond donors (Lipinski definition) is 1. The number of carbonyl (C=O) groups excluding carboxylic acids is 2. The SMILES string of the molecule is CC(C)OC(=O)ON(C(N)=O)c1ccc(Cl)c(Cl)c1. The maximum absolute atomic E-state index is 11.3. The second-order valence-corrected chi connectivity index (χ2v) is 4.55. The number of carbonyl (C=O) groups is 2. The van der Waals surface area contributed by atoms with Gasteiger partial charge in [0.1, 0.15) is 0 Å². The molecule has 0 saturated heterocycles. The number of rotatable bonds is 2. The molecular formula is C11H12Cl2N2O4. The van der Waals surface area contributed by atoms with Crippen molar-refractivity contribution in [3.63, 3.8) is 0 Å². The van der Waals surface area contributed by atoms with E-state index in [-0.39, 0.29) is 10.7 Å². The van der Waals surface area contributed by atoms with Crippen molar-refractivity contribution in [3.8, 4) is 0 Å². The smallest absolute Gasteiger partial charge is 0.430 e. The van der Waals surface area contributed by atoms with E-state index in [2.05, 4.69) is 0 Å². The number of hydroxylamine groups is 1. The zero-order valence-corrected chi connectivity index (χ0v) is 11.7. The molecule has 0 radical (unpaired) electrons. The molecule has 0 spiro atoms. The highest BCUT2D eigenvalue weighted by atomic mass is 35.5. The first-order valence-corrected chi connectivity index (χ1v) is 6.00. The summed E-state index contributed by atoms with van der Waals surface area (Å²) in [6.45, 7) is 3.27. The van der Waals surface area contributed by atoms with Crippen LogP contribution >= 0.6 is 23.2 Å². The van der Waals surface area contributed by atoms with Gasteiger partial charge in [0.2, 0.25) is 0 Å². The number of benzene rings is 1. The van der Waals surface area contributed by atoms with Crippen LogP contribution in [0.4, 0.5) is 15.3 Å². The lowest BCUT2D eigenvalue weighted by Gasteiger charge is -2.19. The first kappa shape index (κ1) is 15.4. The number of nitrogens with zero attached hydrogens (tertiary/aromatic N) is 1. The second kappa shape index (κ2) is 6.49. The van der Waals surface area contributed by atoms with Crippen molar-refractivity contribution in [1.82, 2.24) is 0 Å². The number of ether oxygens (including phenoxy) is 1. The average Bonchev–Trinajstić information content (AvgIpc) is 2.28. The normalized spacial score (nSPS) is 10.2. The Morgan fingerprint density at radius 1 is 1.26 bits per heavy atom. The van der Waals surface area contributed by atoms with E-state index in [1.54, 1.807) is 13.8 Å². The number of urea groups is 1. The summed E-state index contributed by atoms with van der Waals surface area (Å²) >= 11 is 11.5. The van der Waals surface area contributed by atoms with Crippen LogP contribution in [0.2, 0.25) is 10.0 Å². The minimum absolute atomic E-state index is 0.155. The summed E-state index contributed by atoms with van der Waals surface area (Å²) in [5.74, 6) is 0. The molecule has 2 amide bonds. The lowest BCUT2D eigenvalue weighted by atomic mass is 10.3. The van der Waals surface area contributed by atoms with Crippen molar-refractivity contribution in [1.29, 1.82) is 0 Å². The zero-order chi connectivity index (χ0) is 14.6. The number of primary amides is 1. The summed E-state index contributed by atoms with van der Waals surface area (Å²) in [5, 5.41) is 1.04. The molecule has 0 bridgehead atoms. The molecule has 0 heterocycles. The van der Waals surface area contributed by atoms with Gasteiger partial charge < -0.3 is 10.5 Å². The number of anilines is 1. The molecule has 1 rings (SSSR count). The summed E-state index contributed by atoms with van der Waals surface area (Å²) in [6, 6.07) is 3.18. The quantitative estimate of drug-likeness (QED) is 0.671. The number of nitrogens with two attached hydrogens (primary N) is 1. The summed E-state index contributed by atoms with van der Waals surface area (Å²) < 4.78 is 4.74. The van der Waals surface area contributed by atoms with E-state index < -0.39 is 18.3 Å². The summed E-state index contributed by atoms with van der Waals surface area (Å²) in [4.78, 5) is 27.3. The highest BCUT2D eigenvalue weighted by molar-refractivity contribution is 6.42. The summed E-state index contributed by atoms with van der Waals surface area (Å²) in [6.07, 6.45) is -1.45. The lowest BCUT2D eigenvalue weighted by Crippen LogP contribution is -2.38. The van der Waals surface area contributed by atoms with Crippen molar-refractivity contribution >= 4 is 41.1 Å². The monoisotopic (exact) mass is 306 g/mol. The molecule has 1 aromatic carbocycles. The maximum Gasteiger partial charge on any atom is 0.534 e. The second-order valence-electron chi connectivity index (χ2n) is 3.74. The summed E-state index contributed by atoms with van der Waals surface area (Å²) in [7, 11) is 0. The third-order valence-corrected chi connectivity index (χ3v) is 2.57. The molecule has 0 atom stereocenters. The van der Waals surface area contributed by atoms with Gasteiger partial charge in [-0.25, -0.2) is 9.59 Å². The average molecular weight is 307 g/mol. The van der Waals surface area contributed by atoms with Crippen LogP contribution in [0.1, 0.15) is 13.8 Å². The maximum atomic E-state index is 11.3. The molecule has 0 aromatic heterocycles. The van der Waals surface area contributed by atoms with Gasteiger partial charge in [0, 0.05) is 0 Å². The lowest BCUT2D eigenvalue weighted by molar-refractivity contribution is 0.0324. The number of hydrogen-bond acceptors (Lipinski definition) is 4. The largest absolute Gasteiger partial charge is 0.534 e. The van der Waals surface area contributed by atoms with Gasteiger partial charge in [-0.05, 0) is 32.0 Å². The van der Waals surface area contributed by atoms with E-state index in [0.717, 1.165) is 0 Å². The minimum Gasteiger partial charge on any atom is -0.430 e. The van der Waals surface area contributed by atoms with Crippen molar-refractivity contribution in [3.05, 3.63) is 28.2 Å². The van der Waals surface area contributed by atoms with Crippen LogP contribution in [-0.4, -0.2) is 18.3 Å². The molecular weight excluding hydrogens is 295 g/mol. The van der Waals surface area contributed by atoms with Gasteiger partial charge in [-0.3, -0.25) is 4.84 Å². The van der Waals surface area contributed by atoms with Gasteiger partial charge in [0.25, 0.3) is 0 Å². The number of halogens is 2. The predicted octanol–water partition coefficient (Wildman–Crippen LogP) is 3.36. The topological polar surface area (TPSA) is 81.9 Å². The number of amides is 2. The minimum atomic E-state index is -1.06. The Kier molecular flexibility index (Phi) is 5.26. The summed E-state index contributed by atoms with van der Waals surface area (Å²) in [5.41, 5.74) is 5.27. The van der Waals surface area contributed by atoms with Gasteiger partial charge in [-0.1, -0.05) is 23.2 Å². The highest BCUT2D eigenvalue weighted by Crippen LogP contribution is 2.27. The molecule has 0 aliphatic heterocycles. The van der Waals surface area contributed by atoms with Crippen LogP contribution in [0.25, 0.3) is 0 Å². The van der Waals surface area contributed by atoms with Gasteiger partial charge >= 0.3 is 12.2 Å². The Balaban J connectivity index is 2.91. The van der Waals surface area contributed by atoms with Crippen LogP contribution in [0.15, 0.2) is 18.2 Å². The molecule has 0 fully saturated rings. The van der Waals surface area contributed by atoms with Crippen LogP contribution in [0.5, 0.6) is 0 Å². The molecule has 0 saturated carbocycles. The van der Waals surface area contributed by atoms with Crippen LogP contribution in [0, 0.1) is 0 Å². The van der Waals surface area contributed by atoms with E-state index in [4.69, 9.17) is 38.5 Å². The van der Waals surface area contributed by atoms with E-state index >= 15 is 0 Å². The fraction of sp³-hybridized carbons (Fsp3) is 0.273. The van der Waals surface area contributed by atoms with Gasteiger partial charge in [0.15, 0.2) is 0 Å². The standard InChI is InChI=1S/C11H12Cl2N2O4/c1-6(2)18-11(17)19-15(10(14)16)7-3-4-8(12)9(13)5-7/h3-6H,1-2H3,(H2,14,16). The Morgan fingerprint density at radius 2 is 1.89 bits per heavy atom. The van der Waals surface area contributed by atoms with E-state index in [1.807, 2.05) is 0 Å². The van der Waals surface area contributed by atoms with Crippen LogP contribution in [-0.2, 0) is 9.57 Å².